The largest absolute Gasteiger partial charge is 0.497 e. The van der Waals surface area contributed by atoms with E-state index in [1.54, 1.807) is 14.0 Å². The van der Waals surface area contributed by atoms with Crippen molar-refractivity contribution < 1.29 is 14.3 Å². The lowest BCUT2D eigenvalue weighted by Gasteiger charge is -2.12. The lowest BCUT2D eigenvalue weighted by Crippen LogP contribution is -2.11. The van der Waals surface area contributed by atoms with Gasteiger partial charge in [-0.05, 0) is 24.6 Å². The zero-order chi connectivity index (χ0) is 11.4. The number of carbonyl (C=O) groups excluding carboxylic acids is 1. The molecule has 82 valence electrons. The van der Waals surface area contributed by atoms with Crippen molar-refractivity contribution in [3.63, 3.8) is 0 Å². The highest BCUT2D eigenvalue weighted by molar-refractivity contribution is 9.10. The first-order chi connectivity index (χ1) is 7.10. The molecule has 1 atom stereocenters. The fourth-order valence-electron chi connectivity index (χ4n) is 1.29. The van der Waals surface area contributed by atoms with Crippen molar-refractivity contribution in [2.75, 3.05) is 14.2 Å². The van der Waals surface area contributed by atoms with Gasteiger partial charge in [-0.1, -0.05) is 22.0 Å². The Morgan fingerprint density at radius 3 is 2.53 bits per heavy atom. The zero-order valence-electron chi connectivity index (χ0n) is 8.91. The molecule has 0 spiro atoms. The van der Waals surface area contributed by atoms with Gasteiger partial charge >= 0.3 is 5.97 Å². The Hall–Kier alpha value is -1.03. The second kappa shape index (κ2) is 5.16. The van der Waals surface area contributed by atoms with Gasteiger partial charge in [-0.25, -0.2) is 0 Å². The maximum absolute atomic E-state index is 11.3. The van der Waals surface area contributed by atoms with Gasteiger partial charge in [0.25, 0.3) is 0 Å². The van der Waals surface area contributed by atoms with E-state index in [0.717, 1.165) is 15.8 Å². The first kappa shape index (κ1) is 12.0. The summed E-state index contributed by atoms with van der Waals surface area (Å²) in [6, 6.07) is 5.50. The molecule has 0 saturated heterocycles. The number of esters is 1. The summed E-state index contributed by atoms with van der Waals surface area (Å²) in [7, 11) is 2.99. The van der Waals surface area contributed by atoms with Crippen LogP contribution in [0.25, 0.3) is 0 Å². The quantitative estimate of drug-likeness (QED) is 0.794. The van der Waals surface area contributed by atoms with E-state index in [0.29, 0.717) is 0 Å². The number of methoxy groups -OCH3 is 2. The van der Waals surface area contributed by atoms with Crippen LogP contribution in [-0.2, 0) is 9.53 Å². The number of rotatable bonds is 3. The van der Waals surface area contributed by atoms with Crippen LogP contribution in [0.4, 0.5) is 0 Å². The molecule has 4 heteroatoms. The molecule has 0 amide bonds. The van der Waals surface area contributed by atoms with E-state index in [1.807, 2.05) is 18.2 Å². The van der Waals surface area contributed by atoms with Gasteiger partial charge in [0.2, 0.25) is 0 Å². The highest BCUT2D eigenvalue weighted by Crippen LogP contribution is 2.29. The van der Waals surface area contributed by atoms with Crippen LogP contribution >= 0.6 is 15.9 Å². The van der Waals surface area contributed by atoms with Crippen LogP contribution in [0.1, 0.15) is 18.4 Å². The first-order valence-corrected chi connectivity index (χ1v) is 5.30. The van der Waals surface area contributed by atoms with Gasteiger partial charge in [0, 0.05) is 4.47 Å². The van der Waals surface area contributed by atoms with Crippen LogP contribution in [0.3, 0.4) is 0 Å². The van der Waals surface area contributed by atoms with E-state index < -0.39 is 0 Å². The van der Waals surface area contributed by atoms with Crippen molar-refractivity contribution >= 4 is 21.9 Å². The number of hydrogen-bond acceptors (Lipinski definition) is 3. The van der Waals surface area contributed by atoms with E-state index in [-0.39, 0.29) is 11.9 Å². The summed E-state index contributed by atoms with van der Waals surface area (Å²) in [5, 5.41) is 0. The molecule has 3 nitrogen and oxygen atoms in total. The lowest BCUT2D eigenvalue weighted by atomic mass is 10.0. The van der Waals surface area contributed by atoms with Gasteiger partial charge in [0.15, 0.2) is 0 Å². The van der Waals surface area contributed by atoms with Crippen molar-refractivity contribution in [2.24, 2.45) is 0 Å². The van der Waals surface area contributed by atoms with Gasteiger partial charge in [-0.3, -0.25) is 4.79 Å². The third-order valence-corrected chi connectivity index (χ3v) is 2.92. The van der Waals surface area contributed by atoms with Gasteiger partial charge in [-0.15, -0.1) is 0 Å². The fourth-order valence-corrected chi connectivity index (χ4v) is 1.99. The third-order valence-electron chi connectivity index (χ3n) is 2.23. The molecule has 0 radical (unpaired) electrons. The average molecular weight is 273 g/mol. The highest BCUT2D eigenvalue weighted by atomic mass is 79.9. The Kier molecular flexibility index (Phi) is 4.15. The third kappa shape index (κ3) is 2.72. The minimum absolute atomic E-state index is 0.249. The molecule has 0 aliphatic heterocycles. The summed E-state index contributed by atoms with van der Waals surface area (Å²) >= 11 is 3.40. The minimum atomic E-state index is -0.282. The van der Waals surface area contributed by atoms with E-state index in [2.05, 4.69) is 20.7 Å². The molecule has 0 fully saturated rings. The Morgan fingerprint density at radius 1 is 1.40 bits per heavy atom. The predicted octanol–water partition coefficient (Wildman–Crippen LogP) is 2.73. The van der Waals surface area contributed by atoms with Crippen molar-refractivity contribution in [3.05, 3.63) is 28.2 Å². The molecule has 1 aromatic rings. The molecule has 1 unspecified atom stereocenters. The molecule has 0 heterocycles. The predicted molar refractivity (Wildman–Crippen MR) is 61.1 cm³/mol. The van der Waals surface area contributed by atoms with Crippen LogP contribution in [0.2, 0.25) is 0 Å². The Morgan fingerprint density at radius 2 is 2.07 bits per heavy atom. The summed E-state index contributed by atoms with van der Waals surface area (Å²) in [5.41, 5.74) is 0.891. The molecule has 1 aromatic carbocycles. The van der Waals surface area contributed by atoms with Crippen molar-refractivity contribution in [2.45, 2.75) is 12.8 Å². The standard InChI is InChI=1S/C11H13BrO3/c1-7(11(13)15-3)9-5-4-8(14-2)6-10(9)12/h4-7H,1-3H3. The summed E-state index contributed by atoms with van der Waals surface area (Å²) in [6.07, 6.45) is 0. The molecule has 0 aliphatic rings. The molecule has 0 aromatic heterocycles. The van der Waals surface area contributed by atoms with Gasteiger partial charge < -0.3 is 9.47 Å². The van der Waals surface area contributed by atoms with Crippen LogP contribution in [0.15, 0.2) is 22.7 Å². The van der Waals surface area contributed by atoms with E-state index in [9.17, 15) is 4.79 Å². The summed E-state index contributed by atoms with van der Waals surface area (Å²) in [4.78, 5) is 11.3. The maximum Gasteiger partial charge on any atom is 0.312 e. The molecule has 0 bridgehead atoms. The second-order valence-corrected chi connectivity index (χ2v) is 3.99. The fraction of sp³-hybridized carbons (Fsp3) is 0.364. The summed E-state index contributed by atoms with van der Waals surface area (Å²) in [5.74, 6) is 0.221. The Labute approximate surface area is 97.5 Å². The Balaban J connectivity index is 3.00. The number of hydrogen-bond donors (Lipinski definition) is 0. The smallest absolute Gasteiger partial charge is 0.312 e. The SMILES string of the molecule is COC(=O)C(C)c1ccc(OC)cc1Br. The first-order valence-electron chi connectivity index (χ1n) is 4.51. The molecule has 0 aliphatic carbocycles. The zero-order valence-corrected chi connectivity index (χ0v) is 10.5. The molecular formula is C11H13BrO3. The summed E-state index contributed by atoms with van der Waals surface area (Å²) in [6.45, 7) is 1.80. The van der Waals surface area contributed by atoms with E-state index in [4.69, 9.17) is 4.74 Å². The van der Waals surface area contributed by atoms with Crippen LogP contribution in [-0.4, -0.2) is 20.2 Å². The van der Waals surface area contributed by atoms with Crippen molar-refractivity contribution in [1.29, 1.82) is 0 Å². The van der Waals surface area contributed by atoms with Crippen molar-refractivity contribution in [1.82, 2.24) is 0 Å². The van der Waals surface area contributed by atoms with E-state index >= 15 is 0 Å². The molecular weight excluding hydrogens is 260 g/mol. The monoisotopic (exact) mass is 272 g/mol. The van der Waals surface area contributed by atoms with Gasteiger partial charge in [0.1, 0.15) is 5.75 Å². The topological polar surface area (TPSA) is 35.5 Å². The molecule has 1 rings (SSSR count). The number of benzene rings is 1. The van der Waals surface area contributed by atoms with Gasteiger partial charge in [0.05, 0.1) is 20.1 Å². The van der Waals surface area contributed by atoms with Gasteiger partial charge in [-0.2, -0.15) is 0 Å². The number of carbonyl (C=O) groups is 1. The lowest BCUT2D eigenvalue weighted by molar-refractivity contribution is -0.142. The second-order valence-electron chi connectivity index (χ2n) is 3.13. The number of ether oxygens (including phenoxy) is 2. The summed E-state index contributed by atoms with van der Waals surface area (Å²) < 4.78 is 10.6. The molecule has 15 heavy (non-hydrogen) atoms. The van der Waals surface area contributed by atoms with Crippen LogP contribution in [0, 0.1) is 0 Å². The molecule has 0 saturated carbocycles. The average Bonchev–Trinajstić information content (AvgIpc) is 2.26. The van der Waals surface area contributed by atoms with Crippen LogP contribution < -0.4 is 4.74 Å². The van der Waals surface area contributed by atoms with Crippen LogP contribution in [0.5, 0.6) is 5.75 Å². The Bertz CT molecular complexity index is 363. The minimum Gasteiger partial charge on any atom is -0.497 e. The van der Waals surface area contributed by atoms with E-state index in [1.165, 1.54) is 7.11 Å². The highest BCUT2D eigenvalue weighted by Gasteiger charge is 2.18. The number of halogens is 1. The normalized spacial score (nSPS) is 12.0. The maximum atomic E-state index is 11.3. The molecule has 0 N–H and O–H groups in total. The van der Waals surface area contributed by atoms with Crippen molar-refractivity contribution in [3.8, 4) is 5.75 Å².